The molecule has 0 aromatic carbocycles. The third-order valence-electron chi connectivity index (χ3n) is 3.44. The number of nitrogens with zero attached hydrogens (tertiary/aromatic N) is 3. The molecule has 0 saturated carbocycles. The van der Waals surface area contributed by atoms with E-state index in [0.29, 0.717) is 11.5 Å². The van der Waals surface area contributed by atoms with Crippen molar-refractivity contribution in [1.29, 1.82) is 0 Å². The van der Waals surface area contributed by atoms with Gasteiger partial charge in [-0.15, -0.1) is 0 Å². The molecule has 1 aliphatic rings. The molecule has 5 nitrogen and oxygen atoms in total. The highest BCUT2D eigenvalue weighted by atomic mass is 16.2. The first-order valence-electron chi connectivity index (χ1n) is 6.04. The Morgan fingerprint density at radius 1 is 1.59 bits per heavy atom. The van der Waals surface area contributed by atoms with Gasteiger partial charge < -0.3 is 10.6 Å². The van der Waals surface area contributed by atoms with E-state index in [4.69, 9.17) is 5.73 Å². The summed E-state index contributed by atoms with van der Waals surface area (Å²) in [6.07, 6.45) is 4.94. The van der Waals surface area contributed by atoms with Gasteiger partial charge >= 0.3 is 0 Å². The van der Waals surface area contributed by atoms with Gasteiger partial charge in [-0.25, -0.2) is 0 Å². The number of amides is 1. The Hall–Kier alpha value is -1.49. The van der Waals surface area contributed by atoms with E-state index in [-0.39, 0.29) is 11.9 Å². The van der Waals surface area contributed by atoms with Crippen LogP contribution in [0.15, 0.2) is 18.5 Å². The second kappa shape index (κ2) is 5.23. The van der Waals surface area contributed by atoms with E-state index < -0.39 is 0 Å². The molecule has 1 amide bonds. The maximum Gasteiger partial charge on any atom is 0.255 e. The number of carbonyl (C=O) groups excluding carboxylic acids is 1. The van der Waals surface area contributed by atoms with Gasteiger partial charge in [0.25, 0.3) is 5.91 Å². The van der Waals surface area contributed by atoms with Gasteiger partial charge in [-0.05, 0) is 18.4 Å². The molecular formula is C12H18N4O. The number of likely N-dealkylation sites (tertiary alicyclic amines) is 1. The summed E-state index contributed by atoms with van der Waals surface area (Å²) in [5.74, 6) is 0.438. The van der Waals surface area contributed by atoms with Crippen LogP contribution in [-0.4, -0.2) is 40.1 Å². The van der Waals surface area contributed by atoms with Gasteiger partial charge in [0.05, 0.1) is 18.0 Å². The molecule has 2 unspecified atom stereocenters. The van der Waals surface area contributed by atoms with Crippen LogP contribution in [0.3, 0.4) is 0 Å². The van der Waals surface area contributed by atoms with Gasteiger partial charge in [0.15, 0.2) is 0 Å². The lowest BCUT2D eigenvalue weighted by atomic mass is 9.90. The van der Waals surface area contributed by atoms with Crippen LogP contribution in [0, 0.1) is 5.92 Å². The van der Waals surface area contributed by atoms with Crippen molar-refractivity contribution in [2.24, 2.45) is 11.7 Å². The normalized spacial score (nSPS) is 24.7. The summed E-state index contributed by atoms with van der Waals surface area (Å²) >= 11 is 0. The van der Waals surface area contributed by atoms with Crippen molar-refractivity contribution < 1.29 is 4.79 Å². The van der Waals surface area contributed by atoms with Gasteiger partial charge in [0.1, 0.15) is 0 Å². The third kappa shape index (κ3) is 2.61. The van der Waals surface area contributed by atoms with Crippen LogP contribution < -0.4 is 5.73 Å². The zero-order valence-electron chi connectivity index (χ0n) is 10.0. The Kier molecular flexibility index (Phi) is 3.68. The fourth-order valence-electron chi connectivity index (χ4n) is 2.27. The van der Waals surface area contributed by atoms with Crippen molar-refractivity contribution in [2.75, 3.05) is 13.1 Å². The number of carbonyl (C=O) groups is 1. The Morgan fingerprint density at radius 3 is 3.06 bits per heavy atom. The number of piperidine rings is 1. The lowest BCUT2D eigenvalue weighted by Crippen LogP contribution is -2.49. The molecule has 5 heteroatoms. The van der Waals surface area contributed by atoms with Crippen molar-refractivity contribution in [3.05, 3.63) is 24.0 Å². The third-order valence-corrected chi connectivity index (χ3v) is 3.44. The summed E-state index contributed by atoms with van der Waals surface area (Å²) in [5, 5.41) is 7.41. The fourth-order valence-corrected chi connectivity index (χ4v) is 2.27. The lowest BCUT2D eigenvalue weighted by Gasteiger charge is -2.36. The van der Waals surface area contributed by atoms with Crippen molar-refractivity contribution >= 4 is 5.91 Å². The van der Waals surface area contributed by atoms with E-state index in [1.54, 1.807) is 12.3 Å². The molecule has 1 fully saturated rings. The first kappa shape index (κ1) is 12.0. The number of nitrogens with two attached hydrogens (primary N) is 1. The van der Waals surface area contributed by atoms with Gasteiger partial charge in [-0.2, -0.15) is 10.2 Å². The predicted molar refractivity (Wildman–Crippen MR) is 64.3 cm³/mol. The van der Waals surface area contributed by atoms with Crippen molar-refractivity contribution in [1.82, 2.24) is 15.1 Å². The second-order valence-corrected chi connectivity index (χ2v) is 4.50. The average Bonchev–Trinajstić information content (AvgIpc) is 2.39. The molecule has 0 radical (unpaired) electrons. The smallest absolute Gasteiger partial charge is 0.255 e. The molecule has 1 saturated heterocycles. The minimum absolute atomic E-state index is 0.0326. The van der Waals surface area contributed by atoms with Crippen LogP contribution in [0.25, 0.3) is 0 Å². The quantitative estimate of drug-likeness (QED) is 0.816. The highest BCUT2D eigenvalue weighted by Gasteiger charge is 2.28. The van der Waals surface area contributed by atoms with E-state index >= 15 is 0 Å². The Bertz CT molecular complexity index is 381. The zero-order chi connectivity index (χ0) is 12.3. The van der Waals surface area contributed by atoms with Gasteiger partial charge in [0.2, 0.25) is 0 Å². The number of rotatable bonds is 2. The topological polar surface area (TPSA) is 72.1 Å². The summed E-state index contributed by atoms with van der Waals surface area (Å²) in [4.78, 5) is 14.1. The standard InChI is InChI=1S/C12H18N4O/c1-2-9-8-16(6-4-11(9)13)12(17)10-3-5-14-15-7-10/h3,5,7,9,11H,2,4,6,8,13H2,1H3. The SMILES string of the molecule is CCC1CN(C(=O)c2ccnnc2)CCC1N. The molecular weight excluding hydrogens is 216 g/mol. The molecule has 2 rings (SSSR count). The van der Waals surface area contributed by atoms with Crippen LogP contribution >= 0.6 is 0 Å². The van der Waals surface area contributed by atoms with E-state index in [2.05, 4.69) is 17.1 Å². The molecule has 2 heterocycles. The lowest BCUT2D eigenvalue weighted by molar-refractivity contribution is 0.0648. The molecule has 2 N–H and O–H groups in total. The van der Waals surface area contributed by atoms with E-state index in [1.807, 2.05) is 4.90 Å². The summed E-state index contributed by atoms with van der Waals surface area (Å²) in [7, 11) is 0. The summed E-state index contributed by atoms with van der Waals surface area (Å²) in [5.41, 5.74) is 6.63. The van der Waals surface area contributed by atoms with Crippen molar-refractivity contribution in [3.8, 4) is 0 Å². The Morgan fingerprint density at radius 2 is 2.41 bits per heavy atom. The second-order valence-electron chi connectivity index (χ2n) is 4.50. The van der Waals surface area contributed by atoms with Crippen LogP contribution in [0.2, 0.25) is 0 Å². The van der Waals surface area contributed by atoms with Crippen LogP contribution in [0.5, 0.6) is 0 Å². The average molecular weight is 234 g/mol. The fraction of sp³-hybridized carbons (Fsp3) is 0.583. The molecule has 0 aliphatic carbocycles. The number of hydrogen-bond acceptors (Lipinski definition) is 4. The number of aromatic nitrogens is 2. The predicted octanol–water partition coefficient (Wildman–Crippen LogP) is 0.676. The maximum atomic E-state index is 12.2. The minimum atomic E-state index is 0.0326. The van der Waals surface area contributed by atoms with Gasteiger partial charge in [-0.3, -0.25) is 4.79 Å². The summed E-state index contributed by atoms with van der Waals surface area (Å²) in [6.45, 7) is 3.60. The Balaban J connectivity index is 2.06. The van der Waals surface area contributed by atoms with Crippen LogP contribution in [0.4, 0.5) is 0 Å². The molecule has 0 bridgehead atoms. The first-order chi connectivity index (χ1) is 8.22. The van der Waals surface area contributed by atoms with E-state index in [0.717, 1.165) is 25.9 Å². The zero-order valence-corrected chi connectivity index (χ0v) is 10.0. The van der Waals surface area contributed by atoms with Crippen LogP contribution in [-0.2, 0) is 0 Å². The van der Waals surface area contributed by atoms with E-state index in [1.165, 1.54) is 6.20 Å². The van der Waals surface area contributed by atoms with E-state index in [9.17, 15) is 4.79 Å². The molecule has 0 spiro atoms. The summed E-state index contributed by atoms with van der Waals surface area (Å²) in [6, 6.07) is 1.92. The van der Waals surface area contributed by atoms with Crippen molar-refractivity contribution in [3.63, 3.8) is 0 Å². The first-order valence-corrected chi connectivity index (χ1v) is 6.04. The molecule has 2 atom stereocenters. The Labute approximate surface area is 101 Å². The highest BCUT2D eigenvalue weighted by Crippen LogP contribution is 2.19. The highest BCUT2D eigenvalue weighted by molar-refractivity contribution is 5.93. The molecule has 17 heavy (non-hydrogen) atoms. The van der Waals surface area contributed by atoms with Gasteiger partial charge in [-0.1, -0.05) is 13.3 Å². The summed E-state index contributed by atoms with van der Waals surface area (Å²) < 4.78 is 0. The minimum Gasteiger partial charge on any atom is -0.338 e. The molecule has 1 aliphatic heterocycles. The number of hydrogen-bond donors (Lipinski definition) is 1. The monoisotopic (exact) mass is 234 g/mol. The molecule has 1 aromatic heterocycles. The molecule has 92 valence electrons. The molecule has 1 aromatic rings. The van der Waals surface area contributed by atoms with Crippen molar-refractivity contribution in [2.45, 2.75) is 25.8 Å². The largest absolute Gasteiger partial charge is 0.338 e. The van der Waals surface area contributed by atoms with Crippen LogP contribution in [0.1, 0.15) is 30.1 Å². The van der Waals surface area contributed by atoms with Gasteiger partial charge in [0, 0.05) is 19.1 Å². The maximum absolute atomic E-state index is 12.2.